The predicted molar refractivity (Wildman–Crippen MR) is 96.4 cm³/mol. The molecule has 0 unspecified atom stereocenters. The zero-order valence-corrected chi connectivity index (χ0v) is 14.2. The molecule has 120 valence electrons. The number of para-hydroxylation sites is 2. The van der Waals surface area contributed by atoms with E-state index in [1.807, 2.05) is 25.1 Å². The number of halogens is 2. The van der Waals surface area contributed by atoms with E-state index in [1.165, 1.54) is 6.08 Å². The highest BCUT2D eigenvalue weighted by atomic mass is 35.5. The molecule has 1 amide bonds. The van der Waals surface area contributed by atoms with Crippen molar-refractivity contribution in [2.75, 3.05) is 11.9 Å². The van der Waals surface area contributed by atoms with Gasteiger partial charge in [-0.1, -0.05) is 48.3 Å². The molecule has 3 nitrogen and oxygen atoms in total. The van der Waals surface area contributed by atoms with Gasteiger partial charge in [-0.25, -0.2) is 0 Å². The Morgan fingerprint density at radius 1 is 1.22 bits per heavy atom. The zero-order valence-electron chi connectivity index (χ0n) is 12.7. The van der Waals surface area contributed by atoms with Crippen molar-refractivity contribution in [1.29, 1.82) is 0 Å². The van der Waals surface area contributed by atoms with Crippen molar-refractivity contribution >= 4 is 40.9 Å². The van der Waals surface area contributed by atoms with E-state index in [1.54, 1.807) is 30.3 Å². The van der Waals surface area contributed by atoms with Crippen LogP contribution in [0.3, 0.4) is 0 Å². The number of carbonyl (C=O) groups is 1. The average Bonchev–Trinajstić information content (AvgIpc) is 2.53. The number of hydrogen-bond donors (Lipinski definition) is 1. The van der Waals surface area contributed by atoms with Gasteiger partial charge >= 0.3 is 0 Å². The summed E-state index contributed by atoms with van der Waals surface area (Å²) in [6.07, 6.45) is 3.96. The maximum Gasteiger partial charge on any atom is 0.248 e. The summed E-state index contributed by atoms with van der Waals surface area (Å²) in [5.74, 6) is 0.393. The Labute approximate surface area is 145 Å². The maximum absolute atomic E-state index is 12.1. The maximum atomic E-state index is 12.1. The Balaban J connectivity index is 2.06. The quantitative estimate of drug-likeness (QED) is 0.705. The van der Waals surface area contributed by atoms with Gasteiger partial charge in [0.25, 0.3) is 0 Å². The predicted octanol–water partition coefficient (Wildman–Crippen LogP) is 5.43. The van der Waals surface area contributed by atoms with Crippen LogP contribution in [0, 0.1) is 0 Å². The fraction of sp³-hybridized carbons (Fsp3) is 0.167. The number of rotatable bonds is 6. The third-order valence-corrected chi connectivity index (χ3v) is 3.55. The van der Waals surface area contributed by atoms with Crippen molar-refractivity contribution < 1.29 is 9.53 Å². The summed E-state index contributed by atoms with van der Waals surface area (Å²) in [5.41, 5.74) is 1.36. The number of carbonyl (C=O) groups excluding carboxylic acids is 1. The van der Waals surface area contributed by atoms with Gasteiger partial charge in [0.1, 0.15) is 5.75 Å². The Morgan fingerprint density at radius 2 is 2.00 bits per heavy atom. The minimum atomic E-state index is -0.261. The summed E-state index contributed by atoms with van der Waals surface area (Å²) in [4.78, 5) is 12.1. The third-order valence-electron chi connectivity index (χ3n) is 2.98. The van der Waals surface area contributed by atoms with Gasteiger partial charge in [0, 0.05) is 16.1 Å². The van der Waals surface area contributed by atoms with E-state index in [4.69, 9.17) is 27.9 Å². The molecule has 0 atom stereocenters. The molecule has 0 bridgehead atoms. The van der Waals surface area contributed by atoms with E-state index in [-0.39, 0.29) is 5.91 Å². The molecule has 0 aliphatic carbocycles. The molecular weight excluding hydrogens is 333 g/mol. The SMILES string of the molecule is CCCOc1ccccc1NC(=O)/C=C/c1ccc(Cl)cc1Cl. The monoisotopic (exact) mass is 349 g/mol. The van der Waals surface area contributed by atoms with Crippen LogP contribution in [0.25, 0.3) is 6.08 Å². The molecule has 0 aliphatic heterocycles. The van der Waals surface area contributed by atoms with Crippen LogP contribution in [0.5, 0.6) is 5.75 Å². The Bertz CT molecular complexity index is 714. The van der Waals surface area contributed by atoms with Crippen molar-refractivity contribution in [3.8, 4) is 5.75 Å². The van der Waals surface area contributed by atoms with Crippen LogP contribution in [0.15, 0.2) is 48.5 Å². The molecule has 0 radical (unpaired) electrons. The van der Waals surface area contributed by atoms with Crippen molar-refractivity contribution in [3.63, 3.8) is 0 Å². The van der Waals surface area contributed by atoms with Crippen molar-refractivity contribution in [1.82, 2.24) is 0 Å². The number of hydrogen-bond acceptors (Lipinski definition) is 2. The highest BCUT2D eigenvalue weighted by Crippen LogP contribution is 2.24. The molecule has 0 saturated carbocycles. The Morgan fingerprint density at radius 3 is 2.74 bits per heavy atom. The number of amides is 1. The lowest BCUT2D eigenvalue weighted by atomic mass is 10.2. The minimum absolute atomic E-state index is 0.261. The Kier molecular flexibility index (Phi) is 6.51. The normalized spacial score (nSPS) is 10.7. The fourth-order valence-corrected chi connectivity index (χ4v) is 2.36. The smallest absolute Gasteiger partial charge is 0.248 e. The molecule has 0 aromatic heterocycles. The molecule has 23 heavy (non-hydrogen) atoms. The first kappa shape index (κ1) is 17.4. The molecule has 2 aromatic carbocycles. The van der Waals surface area contributed by atoms with Crippen LogP contribution < -0.4 is 10.1 Å². The van der Waals surface area contributed by atoms with Crippen molar-refractivity contribution in [2.45, 2.75) is 13.3 Å². The molecule has 0 aliphatic rings. The summed E-state index contributed by atoms with van der Waals surface area (Å²) in [7, 11) is 0. The van der Waals surface area contributed by atoms with E-state index in [2.05, 4.69) is 5.32 Å². The molecule has 5 heteroatoms. The van der Waals surface area contributed by atoms with Gasteiger partial charge in [0.15, 0.2) is 0 Å². The van der Waals surface area contributed by atoms with Gasteiger partial charge in [-0.15, -0.1) is 0 Å². The van der Waals surface area contributed by atoms with E-state index in [0.717, 1.165) is 12.0 Å². The van der Waals surface area contributed by atoms with E-state index >= 15 is 0 Å². The highest BCUT2D eigenvalue weighted by Gasteiger charge is 2.05. The molecule has 0 saturated heterocycles. The summed E-state index contributed by atoms with van der Waals surface area (Å²) in [6.45, 7) is 2.63. The van der Waals surface area contributed by atoms with Crippen LogP contribution in [-0.2, 0) is 4.79 Å². The standard InChI is InChI=1S/C18H17Cl2NO2/c1-2-11-23-17-6-4-3-5-16(17)21-18(22)10-8-13-7-9-14(19)12-15(13)20/h3-10,12H,2,11H2,1H3,(H,21,22)/b10-8+. The van der Waals surface area contributed by atoms with Crippen molar-refractivity contribution in [3.05, 3.63) is 64.1 Å². The first-order chi connectivity index (χ1) is 11.1. The molecule has 0 spiro atoms. The molecule has 2 aromatic rings. The largest absolute Gasteiger partial charge is 0.491 e. The summed E-state index contributed by atoms with van der Waals surface area (Å²) in [6, 6.07) is 12.4. The number of benzene rings is 2. The fourth-order valence-electron chi connectivity index (χ4n) is 1.88. The molecule has 0 fully saturated rings. The summed E-state index contributed by atoms with van der Waals surface area (Å²) >= 11 is 11.9. The minimum Gasteiger partial charge on any atom is -0.491 e. The van der Waals surface area contributed by atoms with Gasteiger partial charge in [0.05, 0.1) is 12.3 Å². The second-order valence-corrected chi connectivity index (χ2v) is 5.68. The van der Waals surface area contributed by atoms with Gasteiger partial charge < -0.3 is 10.1 Å². The second kappa shape index (κ2) is 8.61. The lowest BCUT2D eigenvalue weighted by molar-refractivity contribution is -0.111. The summed E-state index contributed by atoms with van der Waals surface area (Å²) < 4.78 is 5.61. The van der Waals surface area contributed by atoms with Crippen LogP contribution in [0.2, 0.25) is 10.0 Å². The Hall–Kier alpha value is -1.97. The molecule has 0 heterocycles. The first-order valence-corrected chi connectivity index (χ1v) is 8.01. The van der Waals surface area contributed by atoms with Crippen LogP contribution in [0.4, 0.5) is 5.69 Å². The topological polar surface area (TPSA) is 38.3 Å². The molecular formula is C18H17Cl2NO2. The van der Waals surface area contributed by atoms with Gasteiger partial charge in [-0.2, -0.15) is 0 Å². The van der Waals surface area contributed by atoms with Crippen LogP contribution in [0.1, 0.15) is 18.9 Å². The summed E-state index contributed by atoms with van der Waals surface area (Å²) in [5, 5.41) is 3.85. The molecule has 1 N–H and O–H groups in total. The van der Waals surface area contributed by atoms with Gasteiger partial charge in [-0.05, 0) is 42.3 Å². The van der Waals surface area contributed by atoms with Gasteiger partial charge in [-0.3, -0.25) is 4.79 Å². The lowest BCUT2D eigenvalue weighted by Gasteiger charge is -2.10. The molecule has 2 rings (SSSR count). The number of ether oxygens (including phenoxy) is 1. The third kappa shape index (κ3) is 5.31. The van der Waals surface area contributed by atoms with E-state index < -0.39 is 0 Å². The van der Waals surface area contributed by atoms with Gasteiger partial charge in [0.2, 0.25) is 5.91 Å². The van der Waals surface area contributed by atoms with E-state index in [0.29, 0.717) is 28.1 Å². The zero-order chi connectivity index (χ0) is 16.7. The average molecular weight is 350 g/mol. The highest BCUT2D eigenvalue weighted by molar-refractivity contribution is 6.35. The van der Waals surface area contributed by atoms with E-state index in [9.17, 15) is 4.79 Å². The first-order valence-electron chi connectivity index (χ1n) is 7.26. The second-order valence-electron chi connectivity index (χ2n) is 4.83. The number of nitrogens with one attached hydrogen (secondary N) is 1. The van der Waals surface area contributed by atoms with Crippen LogP contribution in [-0.4, -0.2) is 12.5 Å². The van der Waals surface area contributed by atoms with Crippen molar-refractivity contribution in [2.24, 2.45) is 0 Å². The van der Waals surface area contributed by atoms with Crippen LogP contribution >= 0.6 is 23.2 Å². The lowest BCUT2D eigenvalue weighted by Crippen LogP contribution is -2.09. The number of anilines is 1.